The van der Waals surface area contributed by atoms with Gasteiger partial charge in [0.05, 0.1) is 0 Å². The van der Waals surface area contributed by atoms with Crippen LogP contribution in [0.15, 0.2) is 30.3 Å². The molecule has 2 aromatic carbocycles. The molecule has 0 N–H and O–H groups in total. The van der Waals surface area contributed by atoms with Gasteiger partial charge < -0.3 is 24.8 Å². The van der Waals surface area contributed by atoms with Crippen molar-refractivity contribution in [3.05, 3.63) is 69.3 Å². The molecule has 1 unspecified atom stereocenters. The smallest absolute Gasteiger partial charge is 0 e. The van der Waals surface area contributed by atoms with Crippen molar-refractivity contribution >= 4 is 6.08 Å². The summed E-state index contributed by atoms with van der Waals surface area (Å²) in [4.78, 5) is 0. The van der Waals surface area contributed by atoms with Gasteiger partial charge in [-0.05, 0) is 17.0 Å². The fourth-order valence-corrected chi connectivity index (χ4v) is 3.22. The van der Waals surface area contributed by atoms with Crippen LogP contribution in [0.25, 0.3) is 6.08 Å². The van der Waals surface area contributed by atoms with Crippen LogP contribution in [0, 0.1) is 27.7 Å². The molecular formula is C18H19Cl2Hf-3. The van der Waals surface area contributed by atoms with E-state index < -0.39 is 0 Å². The molecule has 112 valence electrons. The molecule has 2 aromatic rings. The van der Waals surface area contributed by atoms with Crippen LogP contribution in [0.3, 0.4) is 0 Å². The zero-order valence-electron chi connectivity index (χ0n) is 12.8. The predicted octanol–water partition coefficient (Wildman–Crippen LogP) is -1.20. The molecule has 3 rings (SSSR count). The van der Waals surface area contributed by atoms with Crippen molar-refractivity contribution < 1.29 is 50.7 Å². The van der Waals surface area contributed by atoms with Crippen LogP contribution in [0.2, 0.25) is 0 Å². The van der Waals surface area contributed by atoms with E-state index in [-0.39, 0.29) is 50.7 Å². The monoisotopic (exact) mass is 485 g/mol. The van der Waals surface area contributed by atoms with Gasteiger partial charge in [0.2, 0.25) is 0 Å². The van der Waals surface area contributed by atoms with Gasteiger partial charge in [-0.2, -0.15) is 22.3 Å². The van der Waals surface area contributed by atoms with Crippen molar-refractivity contribution in [2.45, 2.75) is 33.6 Å². The molecular weight excluding hydrogens is 466 g/mol. The summed E-state index contributed by atoms with van der Waals surface area (Å²) in [5, 5.41) is 0. The Hall–Kier alpha value is -0.240. The molecule has 0 aliphatic heterocycles. The minimum absolute atomic E-state index is 0. The zero-order valence-corrected chi connectivity index (χ0v) is 17.9. The number of fused-ring (bicyclic) bond motifs is 1. The molecule has 1 atom stereocenters. The second kappa shape index (κ2) is 7.85. The van der Waals surface area contributed by atoms with E-state index in [4.69, 9.17) is 0 Å². The summed E-state index contributed by atoms with van der Waals surface area (Å²) >= 11 is 0. The van der Waals surface area contributed by atoms with Crippen LogP contribution in [0.1, 0.15) is 44.9 Å². The molecule has 21 heavy (non-hydrogen) atoms. The van der Waals surface area contributed by atoms with Crippen LogP contribution in [-0.4, -0.2) is 0 Å². The fraction of sp³-hybridized carbons (Fsp3) is 0.278. The molecule has 0 saturated heterocycles. The van der Waals surface area contributed by atoms with Crippen LogP contribution in [0.4, 0.5) is 0 Å². The van der Waals surface area contributed by atoms with Gasteiger partial charge in [-0.1, -0.05) is 64.1 Å². The second-order valence-corrected chi connectivity index (χ2v) is 5.38. The molecule has 0 amide bonds. The predicted molar refractivity (Wildman–Crippen MR) is 78.3 cm³/mol. The molecule has 0 radical (unpaired) electrons. The Labute approximate surface area is 159 Å². The standard InChI is InChI=1S/C18H19.2ClH.Hf/c1-11-12(2)14(4)18(13(11)3)17-10-9-15-7-5-6-8-16(15)17;;;/h5-10,17H,1-4H3;2*1H;/q-1;;;/p-2. The number of hydrogen-bond acceptors (Lipinski definition) is 0. The van der Waals surface area contributed by atoms with Gasteiger partial charge in [0, 0.05) is 25.8 Å². The summed E-state index contributed by atoms with van der Waals surface area (Å²) in [6.07, 6.45) is 4.61. The minimum Gasteiger partial charge on any atom is -1.00 e. The molecule has 1 aliphatic carbocycles. The number of halogens is 2. The zero-order chi connectivity index (χ0) is 12.9. The molecule has 0 fully saturated rings. The second-order valence-electron chi connectivity index (χ2n) is 5.38. The molecule has 0 bridgehead atoms. The molecule has 0 aromatic heterocycles. The third-order valence-electron chi connectivity index (χ3n) is 4.61. The first-order valence-electron chi connectivity index (χ1n) is 6.61. The van der Waals surface area contributed by atoms with Crippen LogP contribution >= 0.6 is 0 Å². The Bertz CT molecular complexity index is 628. The molecule has 0 saturated carbocycles. The van der Waals surface area contributed by atoms with E-state index in [9.17, 15) is 0 Å². The Balaban J connectivity index is 0.00000133. The fourth-order valence-electron chi connectivity index (χ4n) is 3.22. The largest absolute Gasteiger partial charge is 1.00 e. The van der Waals surface area contributed by atoms with E-state index in [1.54, 1.807) is 0 Å². The Morgan fingerprint density at radius 3 is 1.95 bits per heavy atom. The van der Waals surface area contributed by atoms with E-state index >= 15 is 0 Å². The Morgan fingerprint density at radius 1 is 0.857 bits per heavy atom. The number of allylic oxidation sites excluding steroid dienone is 1. The van der Waals surface area contributed by atoms with Gasteiger partial charge in [-0.25, -0.2) is 0 Å². The van der Waals surface area contributed by atoms with E-state index in [2.05, 4.69) is 64.1 Å². The Kier molecular flexibility index (Phi) is 7.76. The topological polar surface area (TPSA) is 0 Å². The maximum atomic E-state index is 2.35. The first-order valence-corrected chi connectivity index (χ1v) is 6.61. The summed E-state index contributed by atoms with van der Waals surface area (Å²) in [7, 11) is 0. The average molecular weight is 485 g/mol. The van der Waals surface area contributed by atoms with Crippen LogP contribution < -0.4 is 24.8 Å². The first kappa shape index (κ1) is 20.8. The third-order valence-corrected chi connectivity index (χ3v) is 4.61. The van der Waals surface area contributed by atoms with Crippen molar-refractivity contribution in [3.63, 3.8) is 0 Å². The maximum Gasteiger partial charge on any atom is 0 e. The third kappa shape index (κ3) is 3.25. The number of benzene rings is 1. The summed E-state index contributed by atoms with van der Waals surface area (Å²) in [6, 6.07) is 8.73. The van der Waals surface area contributed by atoms with E-state index in [0.29, 0.717) is 5.92 Å². The van der Waals surface area contributed by atoms with Gasteiger partial charge in [0.15, 0.2) is 0 Å². The normalized spacial score (nSPS) is 14.8. The molecule has 1 aliphatic rings. The first-order chi connectivity index (χ1) is 8.61. The molecule has 0 heterocycles. The van der Waals surface area contributed by atoms with E-state index in [0.717, 1.165) is 0 Å². The van der Waals surface area contributed by atoms with Gasteiger partial charge in [-0.15, -0.1) is 5.56 Å². The van der Waals surface area contributed by atoms with Crippen molar-refractivity contribution in [2.24, 2.45) is 0 Å². The maximum absolute atomic E-state index is 2.35. The Morgan fingerprint density at radius 2 is 1.38 bits per heavy atom. The minimum atomic E-state index is 0. The summed E-state index contributed by atoms with van der Waals surface area (Å²) < 4.78 is 0. The van der Waals surface area contributed by atoms with Crippen molar-refractivity contribution in [3.8, 4) is 0 Å². The summed E-state index contributed by atoms with van der Waals surface area (Å²) in [5.41, 5.74) is 10.2. The van der Waals surface area contributed by atoms with Crippen molar-refractivity contribution in [1.29, 1.82) is 0 Å². The summed E-state index contributed by atoms with van der Waals surface area (Å²) in [6.45, 7) is 9.01. The molecule has 3 heteroatoms. The molecule has 0 spiro atoms. The van der Waals surface area contributed by atoms with Crippen molar-refractivity contribution in [2.75, 3.05) is 0 Å². The van der Waals surface area contributed by atoms with Crippen molar-refractivity contribution in [1.82, 2.24) is 0 Å². The van der Waals surface area contributed by atoms with Gasteiger partial charge >= 0.3 is 0 Å². The van der Waals surface area contributed by atoms with Gasteiger partial charge in [0.25, 0.3) is 0 Å². The SMILES string of the molecule is Cc1c(C)c(C)[c-](C2C=Cc3ccccc32)c1C.[Cl-].[Cl-].[Hf]. The quantitative estimate of drug-likeness (QED) is 0.353. The van der Waals surface area contributed by atoms with Crippen LogP contribution in [0.5, 0.6) is 0 Å². The number of rotatable bonds is 1. The van der Waals surface area contributed by atoms with Crippen LogP contribution in [-0.2, 0) is 25.8 Å². The van der Waals surface area contributed by atoms with Gasteiger partial charge in [-0.3, -0.25) is 0 Å². The number of hydrogen-bond donors (Lipinski definition) is 0. The average Bonchev–Trinajstić information content (AvgIpc) is 2.87. The molecule has 0 nitrogen and oxygen atoms in total. The van der Waals surface area contributed by atoms with Gasteiger partial charge in [0.1, 0.15) is 0 Å². The van der Waals surface area contributed by atoms with E-state index in [1.807, 2.05) is 0 Å². The summed E-state index contributed by atoms with van der Waals surface area (Å²) in [5.74, 6) is 0.452. The van der Waals surface area contributed by atoms with E-state index in [1.165, 1.54) is 38.9 Å².